The molecule has 0 saturated heterocycles. The highest BCUT2D eigenvalue weighted by atomic mass is 15.0. The lowest BCUT2D eigenvalue weighted by Gasteiger charge is -2.21. The largest absolute Gasteiger partial charge is 0.353 e. The molecule has 0 aliphatic heterocycles. The number of pyridine rings is 2. The number of aromatic amines is 1. The van der Waals surface area contributed by atoms with Gasteiger partial charge in [0.05, 0.1) is 33.1 Å². The van der Waals surface area contributed by atoms with Crippen LogP contribution in [0.2, 0.25) is 0 Å². The molecule has 1 N–H and O–H groups in total. The Balaban J connectivity index is 1.56. The first-order valence-electron chi connectivity index (χ1n) is 19.9. The zero-order chi connectivity index (χ0) is 38.9. The van der Waals surface area contributed by atoms with E-state index in [1.807, 2.05) is 0 Å². The van der Waals surface area contributed by atoms with E-state index in [0.717, 1.165) is 76.9 Å². The molecule has 0 unspecified atom stereocenters. The van der Waals surface area contributed by atoms with Crippen LogP contribution in [0.1, 0.15) is 79.0 Å². The molecular weight excluding hydrogens is 681 g/mol. The van der Waals surface area contributed by atoms with Gasteiger partial charge in [0, 0.05) is 43.2 Å². The van der Waals surface area contributed by atoms with Crippen LogP contribution in [-0.4, -0.2) is 19.4 Å². The van der Waals surface area contributed by atoms with Gasteiger partial charge in [-0.05, 0) is 117 Å². The molecule has 0 saturated carbocycles. The fourth-order valence-electron chi connectivity index (χ4n) is 8.56. The predicted octanol–water partition coefficient (Wildman–Crippen LogP) is 14.3. The summed E-state index contributed by atoms with van der Waals surface area (Å²) in [7, 11) is 0. The molecule has 4 nitrogen and oxygen atoms in total. The van der Waals surface area contributed by atoms with Crippen LogP contribution < -0.4 is 0 Å². The summed E-state index contributed by atoms with van der Waals surface area (Å²) in [5.41, 5.74) is 14.0. The maximum atomic E-state index is 5.65. The van der Waals surface area contributed by atoms with Gasteiger partial charge in [0.1, 0.15) is 5.65 Å². The summed E-state index contributed by atoms with van der Waals surface area (Å²) in [6.07, 6.45) is 0. The minimum atomic E-state index is -0.114. The molecule has 10 rings (SSSR count). The van der Waals surface area contributed by atoms with Crippen molar-refractivity contribution in [3.8, 4) is 11.1 Å². The first-order chi connectivity index (χ1) is 26.6. The van der Waals surface area contributed by atoms with Crippen LogP contribution in [0.3, 0.4) is 0 Å². The quantitative estimate of drug-likeness (QED) is 0.183. The number of nitrogens with one attached hydrogen (secondary N) is 1. The van der Waals surface area contributed by atoms with Crippen LogP contribution in [0.4, 0.5) is 0 Å². The van der Waals surface area contributed by atoms with Crippen molar-refractivity contribution in [2.24, 2.45) is 0 Å². The zero-order valence-corrected chi connectivity index (χ0v) is 33.9. The number of nitrogens with zero attached hydrogens (tertiary/aromatic N) is 3. The molecule has 0 fully saturated rings. The molecule has 5 aromatic heterocycles. The summed E-state index contributed by atoms with van der Waals surface area (Å²) in [4.78, 5) is 15.3. The number of hydrogen-bond acceptors (Lipinski definition) is 2. The second-order valence-electron chi connectivity index (χ2n) is 18.9. The highest BCUT2D eigenvalue weighted by Gasteiger charge is 2.23. The fourth-order valence-corrected chi connectivity index (χ4v) is 8.56. The van der Waals surface area contributed by atoms with E-state index in [1.165, 1.54) is 32.8 Å². The highest BCUT2D eigenvalue weighted by Crippen LogP contribution is 2.41. The van der Waals surface area contributed by atoms with Gasteiger partial charge in [0.25, 0.3) is 0 Å². The van der Waals surface area contributed by atoms with E-state index in [9.17, 15) is 0 Å². The molecule has 0 aliphatic rings. The Morgan fingerprint density at radius 2 is 1.00 bits per heavy atom. The molecule has 0 radical (unpaired) electrons. The highest BCUT2D eigenvalue weighted by molar-refractivity contribution is 6.22. The zero-order valence-electron chi connectivity index (χ0n) is 33.9. The lowest BCUT2D eigenvalue weighted by atomic mass is 9.84. The maximum Gasteiger partial charge on any atom is 0.146 e. The van der Waals surface area contributed by atoms with E-state index < -0.39 is 0 Å². The second kappa shape index (κ2) is 11.8. The Kier molecular flexibility index (Phi) is 7.24. The van der Waals surface area contributed by atoms with Crippen LogP contribution in [0, 0.1) is 0 Å². The average Bonchev–Trinajstić information content (AvgIpc) is 3.71. The van der Waals surface area contributed by atoms with Crippen molar-refractivity contribution in [3.05, 3.63) is 138 Å². The topological polar surface area (TPSA) is 46.0 Å². The molecule has 0 amide bonds. The third-order valence-corrected chi connectivity index (χ3v) is 11.9. The summed E-state index contributed by atoms with van der Waals surface area (Å²) < 4.78 is 2.37. The van der Waals surface area contributed by atoms with Gasteiger partial charge in [-0.1, -0.05) is 111 Å². The normalized spacial score (nSPS) is 13.1. The second-order valence-corrected chi connectivity index (χ2v) is 18.9. The van der Waals surface area contributed by atoms with Gasteiger partial charge in [-0.15, -0.1) is 0 Å². The van der Waals surface area contributed by atoms with Crippen molar-refractivity contribution in [1.29, 1.82) is 0 Å². The SMILES string of the molecule is CC(C)(C)c1cc2c3cc(-c4ccccc4)cc(n3)c3cc(C(C)(C)C)cc(c3)n3c4ccccc4c4ccc(nc43)c3cc(C(C)(C)C)cc4c(c1)c2[nH]c34. The Bertz CT molecular complexity index is 3290. The van der Waals surface area contributed by atoms with Crippen molar-refractivity contribution >= 4 is 82.0 Å². The summed E-state index contributed by atoms with van der Waals surface area (Å²) in [5, 5.41) is 8.05. The minimum absolute atomic E-state index is 0.0822. The first-order valence-corrected chi connectivity index (χ1v) is 19.9. The lowest BCUT2D eigenvalue weighted by Crippen LogP contribution is -2.11. The van der Waals surface area contributed by atoms with E-state index in [4.69, 9.17) is 9.97 Å². The van der Waals surface area contributed by atoms with Gasteiger partial charge in [0.15, 0.2) is 0 Å². The molecule has 0 atom stereocenters. The third kappa shape index (κ3) is 5.41. The number of hydrogen-bond donors (Lipinski definition) is 1. The van der Waals surface area contributed by atoms with Gasteiger partial charge >= 0.3 is 0 Å². The molecule has 56 heavy (non-hydrogen) atoms. The predicted molar refractivity (Wildman–Crippen MR) is 240 cm³/mol. The van der Waals surface area contributed by atoms with E-state index in [-0.39, 0.29) is 16.2 Å². The molecule has 10 aromatic rings. The Morgan fingerprint density at radius 1 is 0.429 bits per heavy atom. The standard InChI is InChI=1S/C52H48N4/c1-50(2,3)33-21-32-22-36(25-33)56-46-18-14-13-17-37(46)38-19-20-43(54-49(38)56)41-28-34(51(4,5)6)26-39-40-27-35(52(7,8)9)29-42(48(40)55-47(39)41)45-24-31(23-44(32)53-45)30-15-11-10-12-16-30/h10-29,55H,1-9H3. The summed E-state index contributed by atoms with van der Waals surface area (Å²) in [5.74, 6) is 0. The van der Waals surface area contributed by atoms with Crippen LogP contribution in [0.15, 0.2) is 121 Å². The van der Waals surface area contributed by atoms with E-state index in [0.29, 0.717) is 0 Å². The smallest absolute Gasteiger partial charge is 0.146 e. The van der Waals surface area contributed by atoms with E-state index in [1.54, 1.807) is 0 Å². The van der Waals surface area contributed by atoms with Crippen LogP contribution in [-0.2, 0) is 16.2 Å². The van der Waals surface area contributed by atoms with Crippen molar-refractivity contribution < 1.29 is 0 Å². The Morgan fingerprint density at radius 3 is 1.66 bits per heavy atom. The Labute approximate surface area is 327 Å². The molecule has 5 aromatic carbocycles. The lowest BCUT2D eigenvalue weighted by molar-refractivity contribution is 0.591. The number of rotatable bonds is 1. The maximum absolute atomic E-state index is 5.65. The third-order valence-electron chi connectivity index (χ3n) is 11.9. The van der Waals surface area contributed by atoms with Gasteiger partial charge in [-0.3, -0.25) is 4.40 Å². The number of H-pyrrole nitrogens is 1. The van der Waals surface area contributed by atoms with Gasteiger partial charge in [-0.25, -0.2) is 9.97 Å². The number of benzene rings is 5. The summed E-state index contributed by atoms with van der Waals surface area (Å²) in [6.45, 7) is 20.7. The first kappa shape index (κ1) is 34.5. The van der Waals surface area contributed by atoms with Crippen LogP contribution in [0.25, 0.3) is 93.1 Å². The summed E-state index contributed by atoms with van der Waals surface area (Å²) >= 11 is 0. The molecule has 0 spiro atoms. The average molecular weight is 729 g/mol. The van der Waals surface area contributed by atoms with Crippen LogP contribution in [0.5, 0.6) is 0 Å². The summed E-state index contributed by atoms with van der Waals surface area (Å²) in [6, 6.07) is 45.1. The molecule has 5 heterocycles. The van der Waals surface area contributed by atoms with Gasteiger partial charge in [0.2, 0.25) is 0 Å². The van der Waals surface area contributed by atoms with Crippen molar-refractivity contribution in [2.45, 2.75) is 78.6 Å². The molecule has 8 bridgehead atoms. The van der Waals surface area contributed by atoms with Crippen LogP contribution >= 0.6 is 0 Å². The van der Waals surface area contributed by atoms with Gasteiger partial charge in [-0.2, -0.15) is 0 Å². The number of fused-ring (bicyclic) bond motifs is 13. The molecule has 0 aliphatic carbocycles. The van der Waals surface area contributed by atoms with Crippen molar-refractivity contribution in [3.63, 3.8) is 0 Å². The number of aromatic nitrogens is 4. The number of para-hydroxylation sites is 1. The Hall–Kier alpha value is -6.00. The molecular formula is C52H48N4. The van der Waals surface area contributed by atoms with Gasteiger partial charge < -0.3 is 4.98 Å². The fraction of sp³-hybridized carbons (Fsp3) is 0.231. The monoisotopic (exact) mass is 728 g/mol. The van der Waals surface area contributed by atoms with E-state index in [2.05, 4.69) is 193 Å². The van der Waals surface area contributed by atoms with Crippen molar-refractivity contribution in [1.82, 2.24) is 19.4 Å². The van der Waals surface area contributed by atoms with E-state index >= 15 is 0 Å². The molecule has 276 valence electrons. The van der Waals surface area contributed by atoms with Crippen molar-refractivity contribution in [2.75, 3.05) is 0 Å². The minimum Gasteiger partial charge on any atom is -0.353 e. The molecule has 4 heteroatoms.